The van der Waals surface area contributed by atoms with E-state index in [-0.39, 0.29) is 18.5 Å². The summed E-state index contributed by atoms with van der Waals surface area (Å²) >= 11 is 1.74. The predicted octanol–water partition coefficient (Wildman–Crippen LogP) is 5.38. The quantitative estimate of drug-likeness (QED) is 0.440. The first-order valence-corrected chi connectivity index (χ1v) is 13.4. The number of nitrogens with one attached hydrogen (secondary N) is 2. The molecule has 2 fully saturated rings. The summed E-state index contributed by atoms with van der Waals surface area (Å²) in [4.78, 5) is 18.3. The Morgan fingerprint density at radius 1 is 1.08 bits per heavy atom. The first-order valence-electron chi connectivity index (χ1n) is 12.6. The first kappa shape index (κ1) is 30.8. The van der Waals surface area contributed by atoms with Gasteiger partial charge in [-0.05, 0) is 37.1 Å². The lowest BCUT2D eigenvalue weighted by Crippen LogP contribution is -2.54. The summed E-state index contributed by atoms with van der Waals surface area (Å²) in [5.74, 6) is 0. The summed E-state index contributed by atoms with van der Waals surface area (Å²) in [6.07, 6.45) is -2.59. The van der Waals surface area contributed by atoms with Gasteiger partial charge < -0.3 is 25.5 Å². The lowest BCUT2D eigenvalue weighted by molar-refractivity contribution is -0.110. The third-order valence-corrected chi connectivity index (χ3v) is 7.05. The molecule has 6 nitrogen and oxygen atoms in total. The van der Waals surface area contributed by atoms with E-state index in [9.17, 15) is 23.1 Å². The molecule has 10 heteroatoms. The van der Waals surface area contributed by atoms with Gasteiger partial charge in [0, 0.05) is 56.5 Å². The number of β-amino-alcohol motifs (C(OH)–C–C–N with tert-alkyl or cyclic N) is 1. The Labute approximate surface area is 222 Å². The van der Waals surface area contributed by atoms with Gasteiger partial charge in [-0.2, -0.15) is 13.2 Å². The van der Waals surface area contributed by atoms with Crippen LogP contribution >= 0.6 is 11.8 Å². The van der Waals surface area contributed by atoms with Crippen LogP contribution in [0.15, 0.2) is 64.4 Å². The van der Waals surface area contributed by atoms with E-state index in [0.29, 0.717) is 19.6 Å². The molecule has 2 aliphatic rings. The van der Waals surface area contributed by atoms with Crippen molar-refractivity contribution in [3.05, 3.63) is 54.6 Å². The highest BCUT2D eigenvalue weighted by molar-refractivity contribution is 7.99. The largest absolute Gasteiger partial charge is 0.390 e. The maximum absolute atomic E-state index is 11.5. The molecule has 2 aliphatic heterocycles. The number of hydrogen-bond donors (Lipinski definition) is 3. The molecule has 0 aromatic heterocycles. The molecule has 3 N–H and O–H groups in total. The fraction of sp³-hybridized carbons (Fsp3) is 0.519. The van der Waals surface area contributed by atoms with Crippen LogP contribution < -0.4 is 15.5 Å². The molecule has 0 radical (unpaired) electrons. The van der Waals surface area contributed by atoms with Crippen LogP contribution in [0, 0.1) is 0 Å². The lowest BCUT2D eigenvalue weighted by Gasteiger charge is -2.39. The second-order valence-electron chi connectivity index (χ2n) is 9.09. The maximum atomic E-state index is 11.5. The van der Waals surface area contributed by atoms with Gasteiger partial charge >= 0.3 is 12.2 Å². The molecule has 2 aromatic carbocycles. The van der Waals surface area contributed by atoms with Gasteiger partial charge in [-0.3, -0.25) is 0 Å². The van der Waals surface area contributed by atoms with Crippen molar-refractivity contribution >= 4 is 23.5 Å². The van der Waals surface area contributed by atoms with Crippen LogP contribution in [0.2, 0.25) is 0 Å². The SMILES string of the molecule is CC.CC(F)(F)F.CN(CC(O)CN1CCC2(CC1)CNC(=O)N2)c1ccccc1Sc1ccccc1. The first-order chi connectivity index (χ1) is 17.5. The number of nitrogens with zero attached hydrogens (tertiary/aromatic N) is 2. The molecule has 2 aromatic rings. The minimum absolute atomic E-state index is 0.0582. The van der Waals surface area contributed by atoms with Crippen LogP contribution in [-0.2, 0) is 0 Å². The van der Waals surface area contributed by atoms with Gasteiger partial charge in [0.25, 0.3) is 0 Å². The molecule has 2 saturated heterocycles. The number of carbonyl (C=O) groups excluding carboxylic acids is 1. The van der Waals surface area contributed by atoms with Crippen molar-refractivity contribution in [2.75, 3.05) is 44.7 Å². The van der Waals surface area contributed by atoms with Crippen molar-refractivity contribution in [3.8, 4) is 0 Å². The minimum atomic E-state index is -4.00. The number of alkyl halides is 3. The van der Waals surface area contributed by atoms with E-state index in [1.165, 1.54) is 9.79 Å². The van der Waals surface area contributed by atoms with Gasteiger partial charge in [0.1, 0.15) is 0 Å². The Bertz CT molecular complexity index is 948. The van der Waals surface area contributed by atoms with Crippen molar-refractivity contribution < 1.29 is 23.1 Å². The number of anilines is 1. The second-order valence-corrected chi connectivity index (χ2v) is 10.2. The highest BCUT2D eigenvalue weighted by atomic mass is 32.2. The summed E-state index contributed by atoms with van der Waals surface area (Å²) in [5, 5.41) is 16.7. The third-order valence-electron chi connectivity index (χ3n) is 5.98. The predicted molar refractivity (Wildman–Crippen MR) is 144 cm³/mol. The highest BCUT2D eigenvalue weighted by Gasteiger charge is 2.40. The van der Waals surface area contributed by atoms with E-state index < -0.39 is 12.3 Å². The van der Waals surface area contributed by atoms with Crippen molar-refractivity contribution in [3.63, 3.8) is 0 Å². The van der Waals surface area contributed by atoms with Crippen LogP contribution in [0.1, 0.15) is 33.6 Å². The molecule has 0 bridgehead atoms. The van der Waals surface area contributed by atoms with Gasteiger partial charge in [-0.1, -0.05) is 55.9 Å². The smallest absolute Gasteiger partial charge is 0.386 e. The molecule has 37 heavy (non-hydrogen) atoms. The number of piperidine rings is 1. The normalized spacial score (nSPS) is 17.5. The third kappa shape index (κ3) is 10.8. The molecule has 2 heterocycles. The van der Waals surface area contributed by atoms with E-state index in [4.69, 9.17) is 0 Å². The number of carbonyl (C=O) groups is 1. The van der Waals surface area contributed by atoms with Crippen molar-refractivity contribution in [2.24, 2.45) is 0 Å². The van der Waals surface area contributed by atoms with Crippen LogP contribution in [0.3, 0.4) is 0 Å². The van der Waals surface area contributed by atoms with E-state index in [0.717, 1.165) is 31.6 Å². The van der Waals surface area contributed by atoms with Crippen molar-refractivity contribution in [2.45, 2.75) is 61.2 Å². The Morgan fingerprint density at radius 3 is 2.22 bits per heavy atom. The maximum Gasteiger partial charge on any atom is 0.386 e. The standard InChI is InChI=1S/C23H30N4O2S.C2H3F3.C2H6/c1-26(20-9-5-6-10-21(20)30-19-7-3-2-4-8-19)15-18(28)16-27-13-11-23(12-14-27)17-24-22(29)25-23;1-2(3,4)5;1-2/h2-10,18,28H,11-17H2,1H3,(H2,24,25,29);1H3;1-2H3. The fourth-order valence-corrected chi connectivity index (χ4v) is 5.31. The molecular weight excluding hydrogens is 501 g/mol. The van der Waals surface area contributed by atoms with E-state index in [2.05, 4.69) is 50.8 Å². The lowest BCUT2D eigenvalue weighted by atomic mass is 9.88. The molecule has 206 valence electrons. The Balaban J connectivity index is 0.000000617. The minimum Gasteiger partial charge on any atom is -0.390 e. The number of hydrogen-bond acceptors (Lipinski definition) is 5. The number of amides is 2. The Kier molecular flexibility index (Phi) is 12.1. The van der Waals surface area contributed by atoms with Crippen molar-refractivity contribution in [1.29, 1.82) is 0 Å². The fourth-order valence-electron chi connectivity index (χ4n) is 4.29. The highest BCUT2D eigenvalue weighted by Crippen LogP contribution is 2.35. The number of aliphatic hydroxyl groups excluding tert-OH is 1. The average Bonchev–Trinajstić information content (AvgIpc) is 3.22. The number of aliphatic hydroxyl groups is 1. The van der Waals surface area contributed by atoms with Gasteiger partial charge in [-0.15, -0.1) is 0 Å². The molecule has 0 aliphatic carbocycles. The van der Waals surface area contributed by atoms with Crippen LogP contribution in [0.25, 0.3) is 0 Å². The zero-order valence-electron chi connectivity index (χ0n) is 22.0. The van der Waals surface area contributed by atoms with E-state index in [1.807, 2.05) is 45.2 Å². The summed E-state index contributed by atoms with van der Waals surface area (Å²) < 4.78 is 31.1. The molecule has 0 saturated carbocycles. The summed E-state index contributed by atoms with van der Waals surface area (Å²) in [6, 6.07) is 18.6. The van der Waals surface area contributed by atoms with Gasteiger partial charge in [0.05, 0.1) is 17.3 Å². The Morgan fingerprint density at radius 2 is 1.65 bits per heavy atom. The van der Waals surface area contributed by atoms with E-state index in [1.54, 1.807) is 11.8 Å². The molecule has 2 amide bonds. The number of halogens is 3. The zero-order valence-corrected chi connectivity index (χ0v) is 22.8. The summed E-state index contributed by atoms with van der Waals surface area (Å²) in [7, 11) is 2.04. The van der Waals surface area contributed by atoms with Crippen LogP contribution in [0.5, 0.6) is 0 Å². The zero-order chi connectivity index (χ0) is 27.5. The molecule has 1 atom stereocenters. The number of benzene rings is 2. The average molecular weight is 541 g/mol. The number of urea groups is 1. The van der Waals surface area contributed by atoms with Gasteiger partial charge in [0.15, 0.2) is 0 Å². The summed E-state index contributed by atoms with van der Waals surface area (Å²) in [6.45, 7) is 7.91. The van der Waals surface area contributed by atoms with E-state index >= 15 is 0 Å². The number of likely N-dealkylation sites (tertiary alicyclic amines) is 1. The van der Waals surface area contributed by atoms with Crippen LogP contribution in [0.4, 0.5) is 23.7 Å². The van der Waals surface area contributed by atoms with Crippen LogP contribution in [-0.4, -0.2) is 73.6 Å². The second kappa shape index (κ2) is 14.5. The molecule has 1 unspecified atom stereocenters. The van der Waals surface area contributed by atoms with Crippen molar-refractivity contribution in [1.82, 2.24) is 15.5 Å². The van der Waals surface area contributed by atoms with Gasteiger partial charge in [-0.25, -0.2) is 4.79 Å². The number of rotatable bonds is 7. The molecule has 4 rings (SSSR count). The number of para-hydroxylation sites is 1. The Hall–Kier alpha value is -2.43. The number of likely N-dealkylation sites (N-methyl/N-ethyl adjacent to an activating group) is 1. The molecular formula is C27H39F3N4O2S. The summed E-state index contributed by atoms with van der Waals surface area (Å²) in [5.41, 5.74) is 1.03. The molecule has 1 spiro atoms. The topological polar surface area (TPSA) is 67.8 Å². The monoisotopic (exact) mass is 540 g/mol. The van der Waals surface area contributed by atoms with Gasteiger partial charge in [0.2, 0.25) is 0 Å².